The second-order valence-electron chi connectivity index (χ2n) is 14.4. The third kappa shape index (κ3) is 7.65. The lowest BCUT2D eigenvalue weighted by molar-refractivity contribution is -0.137. The number of hydrogen-bond donors (Lipinski definition) is 1. The number of halogens is 4. The van der Waals surface area contributed by atoms with Crippen molar-refractivity contribution in [2.75, 3.05) is 39.0 Å². The summed E-state index contributed by atoms with van der Waals surface area (Å²) >= 11 is 0. The number of pyridine rings is 1. The van der Waals surface area contributed by atoms with E-state index >= 15 is 0 Å². The summed E-state index contributed by atoms with van der Waals surface area (Å²) in [7, 11) is -2.49. The molecular weight excluding hydrogens is 709 g/mol. The molecule has 8 nitrogen and oxygen atoms in total. The Bertz CT molecular complexity index is 2090. The van der Waals surface area contributed by atoms with E-state index in [9.17, 15) is 30.8 Å². The van der Waals surface area contributed by atoms with Gasteiger partial charge in [0.25, 0.3) is 5.91 Å². The highest BCUT2D eigenvalue weighted by molar-refractivity contribution is 7.91. The first-order valence-electron chi connectivity index (χ1n) is 18.3. The lowest BCUT2D eigenvalue weighted by Crippen LogP contribution is -2.48. The van der Waals surface area contributed by atoms with Crippen molar-refractivity contribution >= 4 is 26.6 Å². The number of nitrogens with one attached hydrogen (secondary N) is 1. The molecule has 1 aromatic heterocycles. The number of ether oxygens (including phenoxy) is 1. The van der Waals surface area contributed by atoms with Crippen LogP contribution in [0.25, 0.3) is 22.2 Å². The Labute approximate surface area is 307 Å². The number of sulfone groups is 1. The molecule has 3 fully saturated rings. The fourth-order valence-electron chi connectivity index (χ4n) is 7.91. The average molecular weight is 753 g/mol. The van der Waals surface area contributed by atoms with Crippen molar-refractivity contribution in [3.8, 4) is 17.0 Å². The predicted molar refractivity (Wildman–Crippen MR) is 195 cm³/mol. The third-order valence-electron chi connectivity index (χ3n) is 11.1. The molecule has 1 saturated carbocycles. The number of aromatic nitrogens is 1. The summed E-state index contributed by atoms with van der Waals surface area (Å²) in [5.41, 5.74) is 0.639. The number of nitrogens with zero attached hydrogens (tertiary/aromatic N) is 3. The maximum Gasteiger partial charge on any atom is 0.416 e. The van der Waals surface area contributed by atoms with E-state index < -0.39 is 39.2 Å². The van der Waals surface area contributed by atoms with Crippen molar-refractivity contribution in [2.24, 2.45) is 0 Å². The molecule has 1 N–H and O–H groups in total. The van der Waals surface area contributed by atoms with Crippen LogP contribution in [0.4, 0.5) is 17.6 Å². The van der Waals surface area contributed by atoms with E-state index in [4.69, 9.17) is 9.72 Å². The molecule has 0 spiro atoms. The van der Waals surface area contributed by atoms with E-state index in [1.165, 1.54) is 32.2 Å². The molecule has 0 radical (unpaired) electrons. The van der Waals surface area contributed by atoms with E-state index in [0.29, 0.717) is 57.4 Å². The number of fused-ring (bicyclic) bond motifs is 1. The minimum Gasteiger partial charge on any atom is -0.495 e. The number of hydrogen-bond acceptors (Lipinski definition) is 7. The summed E-state index contributed by atoms with van der Waals surface area (Å²) in [6.07, 6.45) is -1.34. The summed E-state index contributed by atoms with van der Waals surface area (Å²) in [4.78, 5) is 24.2. The molecule has 7 rings (SSSR count). The van der Waals surface area contributed by atoms with Crippen molar-refractivity contribution in [1.82, 2.24) is 20.1 Å². The third-order valence-corrected chi connectivity index (χ3v) is 12.9. The number of carbonyl (C=O) groups is 1. The first kappa shape index (κ1) is 37.3. The van der Waals surface area contributed by atoms with Crippen LogP contribution in [0, 0.1) is 0 Å². The smallest absolute Gasteiger partial charge is 0.416 e. The largest absolute Gasteiger partial charge is 0.495 e. The Hall–Kier alpha value is -4.07. The first-order chi connectivity index (χ1) is 25.3. The maximum atomic E-state index is 14.9. The molecule has 2 aliphatic heterocycles. The molecule has 0 unspecified atom stereocenters. The minimum absolute atomic E-state index is 0.0303. The Balaban J connectivity index is 1.39. The molecule has 2 saturated heterocycles. The van der Waals surface area contributed by atoms with Gasteiger partial charge in [0.05, 0.1) is 40.7 Å². The van der Waals surface area contributed by atoms with Crippen molar-refractivity contribution < 1.29 is 35.5 Å². The zero-order valence-electron chi connectivity index (χ0n) is 29.9. The van der Waals surface area contributed by atoms with E-state index in [-0.39, 0.29) is 56.7 Å². The fourth-order valence-corrected chi connectivity index (χ4v) is 8.97. The molecule has 4 aromatic rings. The van der Waals surface area contributed by atoms with Gasteiger partial charge in [0, 0.05) is 48.3 Å². The average Bonchev–Trinajstić information content (AvgIpc) is 3.95. The van der Waals surface area contributed by atoms with Gasteiger partial charge in [0.15, 0.2) is 9.84 Å². The van der Waals surface area contributed by atoms with Gasteiger partial charge in [0.1, 0.15) is 16.8 Å². The monoisotopic (exact) mass is 752 g/mol. The van der Waals surface area contributed by atoms with Crippen LogP contribution < -0.4 is 10.1 Å². The summed E-state index contributed by atoms with van der Waals surface area (Å²) < 4.78 is 88.4. The quantitative estimate of drug-likeness (QED) is 0.168. The van der Waals surface area contributed by atoms with Crippen LogP contribution in [-0.2, 0) is 28.1 Å². The molecule has 3 aromatic carbocycles. The van der Waals surface area contributed by atoms with E-state index in [0.717, 1.165) is 30.5 Å². The normalized spacial score (nSPS) is 19.0. The number of benzene rings is 3. The Kier molecular flexibility index (Phi) is 10.3. The first-order valence-corrected chi connectivity index (χ1v) is 19.9. The van der Waals surface area contributed by atoms with Crippen LogP contribution in [-0.4, -0.2) is 80.4 Å². The molecule has 282 valence electrons. The number of carbonyl (C=O) groups excluding carboxylic acids is 1. The minimum atomic E-state index is -4.62. The van der Waals surface area contributed by atoms with Crippen LogP contribution in [0.2, 0.25) is 0 Å². The molecule has 0 atom stereocenters. The van der Waals surface area contributed by atoms with Gasteiger partial charge >= 0.3 is 6.18 Å². The number of methoxy groups -OCH3 is 1. The summed E-state index contributed by atoms with van der Waals surface area (Å²) in [6, 6.07) is 17.7. The highest BCUT2D eigenvalue weighted by Crippen LogP contribution is 2.46. The summed E-state index contributed by atoms with van der Waals surface area (Å²) in [6.45, 7) is 4.42. The van der Waals surface area contributed by atoms with Crippen molar-refractivity contribution in [2.45, 2.75) is 80.8 Å². The van der Waals surface area contributed by atoms with Crippen molar-refractivity contribution in [3.63, 3.8) is 0 Å². The lowest BCUT2D eigenvalue weighted by atomic mass is 9.93. The predicted octanol–water partition coefficient (Wildman–Crippen LogP) is 7.54. The van der Waals surface area contributed by atoms with Gasteiger partial charge in [-0.1, -0.05) is 49.4 Å². The SMILES string of the molecule is CCS(=O)(=O)c1cc2c(C(=O)NC3(c4ccccc4)CC3)c(CN3CCC(N4CCC(F)CC4)CC3)c(-c3cccc(C(F)(F)F)c3)nc2cc1OC. The van der Waals surface area contributed by atoms with Crippen LogP contribution in [0.15, 0.2) is 71.6 Å². The molecule has 1 amide bonds. The molecule has 3 heterocycles. The maximum absolute atomic E-state index is 14.9. The molecule has 13 heteroatoms. The van der Waals surface area contributed by atoms with Gasteiger partial charge in [0.2, 0.25) is 0 Å². The molecule has 3 aliphatic rings. The van der Waals surface area contributed by atoms with Crippen LogP contribution >= 0.6 is 0 Å². The van der Waals surface area contributed by atoms with Gasteiger partial charge in [-0.15, -0.1) is 0 Å². The Morgan fingerprint density at radius 3 is 2.28 bits per heavy atom. The highest BCUT2D eigenvalue weighted by Gasteiger charge is 2.46. The second kappa shape index (κ2) is 14.6. The standard InChI is InChI=1S/C40H44F4N4O4S/c1-3-53(50,51)35-23-31-33(24-34(35)52-2)45-37(26-8-7-11-28(22-26)40(42,43)44)32(25-47-18-14-30(15-19-47)48-20-12-29(41)13-21-48)36(31)38(49)46-39(16-17-39)27-9-5-4-6-10-27/h4-11,22-24,29-30H,3,12-21,25H2,1-2H3,(H,46,49). The number of alkyl halides is 4. The van der Waals surface area contributed by atoms with Crippen LogP contribution in [0.1, 0.15) is 72.5 Å². The summed E-state index contributed by atoms with van der Waals surface area (Å²) in [5, 5.41) is 3.53. The molecule has 1 aliphatic carbocycles. The van der Waals surface area contributed by atoms with Gasteiger partial charge in [-0.05, 0) is 75.4 Å². The van der Waals surface area contributed by atoms with Crippen LogP contribution in [0.3, 0.4) is 0 Å². The Morgan fingerprint density at radius 2 is 1.66 bits per heavy atom. The van der Waals surface area contributed by atoms with Gasteiger partial charge in [-0.2, -0.15) is 13.2 Å². The van der Waals surface area contributed by atoms with E-state index in [2.05, 4.69) is 15.1 Å². The second-order valence-corrected chi connectivity index (χ2v) is 16.7. The summed E-state index contributed by atoms with van der Waals surface area (Å²) in [5.74, 6) is -0.646. The van der Waals surface area contributed by atoms with Gasteiger partial charge in [-0.3, -0.25) is 9.69 Å². The molecule has 0 bridgehead atoms. The molecule has 53 heavy (non-hydrogen) atoms. The Morgan fingerprint density at radius 1 is 0.962 bits per heavy atom. The molecular formula is C40H44F4N4O4S. The zero-order valence-corrected chi connectivity index (χ0v) is 30.7. The number of piperidine rings is 2. The van der Waals surface area contributed by atoms with E-state index in [1.54, 1.807) is 6.07 Å². The topological polar surface area (TPSA) is 91.8 Å². The fraction of sp³-hybridized carbons (Fsp3) is 0.450. The number of likely N-dealkylation sites (tertiary alicyclic amines) is 2. The number of amides is 1. The zero-order chi connectivity index (χ0) is 37.5. The van der Waals surface area contributed by atoms with Crippen molar-refractivity contribution in [1.29, 1.82) is 0 Å². The highest BCUT2D eigenvalue weighted by atomic mass is 32.2. The van der Waals surface area contributed by atoms with Gasteiger partial charge < -0.3 is 15.0 Å². The van der Waals surface area contributed by atoms with Crippen LogP contribution in [0.5, 0.6) is 5.75 Å². The van der Waals surface area contributed by atoms with E-state index in [1.807, 2.05) is 30.3 Å². The lowest BCUT2D eigenvalue weighted by Gasteiger charge is -2.41. The van der Waals surface area contributed by atoms with Crippen molar-refractivity contribution in [3.05, 3.63) is 89.0 Å². The van der Waals surface area contributed by atoms with Gasteiger partial charge in [-0.25, -0.2) is 17.8 Å². The number of rotatable bonds is 10.